The lowest BCUT2D eigenvalue weighted by Gasteiger charge is -2.45. The summed E-state index contributed by atoms with van der Waals surface area (Å²) in [6.45, 7) is 4.41. The standard InChI is InChI=1S/C45H32NOPS/c1-29-20-23-39-37(26-29)45(35-16-8-6-14-33(35)34-15-7-9-17-36(34)45)38-27-30(2)21-24-40(38)46(39)31-22-25-44-42(28-31)47-41-18-10-11-19-43(41)48(44,49)32-12-4-3-5-13-32/h3-28H,1-2H3. The largest absolute Gasteiger partial charge is 0.456 e. The second kappa shape index (κ2) is 10.4. The van der Waals surface area contributed by atoms with Crippen molar-refractivity contribution >= 4 is 50.8 Å². The second-order valence-corrected chi connectivity index (χ2v) is 17.7. The Hall–Kier alpha value is -5.21. The molecule has 10 rings (SSSR count). The third-order valence-corrected chi connectivity index (χ3v) is 15.6. The van der Waals surface area contributed by atoms with Crippen LogP contribution in [0.1, 0.15) is 33.4 Å². The van der Waals surface area contributed by atoms with Gasteiger partial charge in [0.15, 0.2) is 0 Å². The molecule has 2 aliphatic heterocycles. The van der Waals surface area contributed by atoms with Gasteiger partial charge in [-0.1, -0.05) is 138 Å². The van der Waals surface area contributed by atoms with Crippen molar-refractivity contribution in [2.75, 3.05) is 4.90 Å². The molecule has 1 spiro atoms. The van der Waals surface area contributed by atoms with E-state index in [1.54, 1.807) is 0 Å². The highest BCUT2D eigenvalue weighted by Crippen LogP contribution is 2.64. The molecular weight excluding hydrogens is 634 g/mol. The number of para-hydroxylation sites is 1. The fraction of sp³-hybridized carbons (Fsp3) is 0.0667. The predicted octanol–water partition coefficient (Wildman–Crippen LogP) is 10.3. The van der Waals surface area contributed by atoms with Crippen molar-refractivity contribution in [2.45, 2.75) is 19.3 Å². The average Bonchev–Trinajstić information content (AvgIpc) is 3.43. The molecule has 7 aromatic rings. The number of anilines is 3. The van der Waals surface area contributed by atoms with E-state index in [-0.39, 0.29) is 0 Å². The van der Waals surface area contributed by atoms with Gasteiger partial charge in [-0.25, -0.2) is 0 Å². The SMILES string of the molecule is Cc1ccc2c(c1)C1(c3ccccc3-c3ccccc31)c1cc(C)ccc1N2c1ccc2c(c1)Oc1ccccc1P2(=S)c1ccccc1. The summed E-state index contributed by atoms with van der Waals surface area (Å²) in [6.07, 6.45) is 0. The average molecular weight is 666 g/mol. The lowest BCUT2D eigenvalue weighted by molar-refractivity contribution is 0.488. The zero-order valence-corrected chi connectivity index (χ0v) is 28.9. The van der Waals surface area contributed by atoms with Crippen LogP contribution in [-0.2, 0) is 17.2 Å². The highest BCUT2D eigenvalue weighted by Gasteiger charge is 2.52. The normalized spacial score (nSPS) is 17.2. The van der Waals surface area contributed by atoms with Crippen molar-refractivity contribution < 1.29 is 4.74 Å². The van der Waals surface area contributed by atoms with Crippen LogP contribution in [0.4, 0.5) is 17.1 Å². The van der Waals surface area contributed by atoms with E-state index < -0.39 is 11.5 Å². The maximum Gasteiger partial charge on any atom is 0.138 e. The number of ether oxygens (including phenoxy) is 1. The van der Waals surface area contributed by atoms with Gasteiger partial charge in [0, 0.05) is 28.4 Å². The van der Waals surface area contributed by atoms with E-state index in [0.29, 0.717) is 0 Å². The molecule has 1 atom stereocenters. The third kappa shape index (κ3) is 3.80. The van der Waals surface area contributed by atoms with Crippen molar-refractivity contribution in [3.8, 4) is 22.6 Å². The summed E-state index contributed by atoms with van der Waals surface area (Å²) in [4.78, 5) is 2.44. The molecule has 3 aliphatic rings. The predicted molar refractivity (Wildman–Crippen MR) is 208 cm³/mol. The number of rotatable bonds is 2. The van der Waals surface area contributed by atoms with E-state index >= 15 is 0 Å². The van der Waals surface area contributed by atoms with Gasteiger partial charge in [-0.2, -0.15) is 0 Å². The van der Waals surface area contributed by atoms with Gasteiger partial charge in [-0.3, -0.25) is 0 Å². The van der Waals surface area contributed by atoms with Crippen LogP contribution in [0.15, 0.2) is 158 Å². The highest BCUT2D eigenvalue weighted by molar-refractivity contribution is 8.25. The van der Waals surface area contributed by atoms with Gasteiger partial charge in [-0.15, -0.1) is 0 Å². The van der Waals surface area contributed by atoms with E-state index in [4.69, 9.17) is 16.5 Å². The molecule has 4 heteroatoms. The summed E-state index contributed by atoms with van der Waals surface area (Å²) in [7, 11) is 0. The van der Waals surface area contributed by atoms with Gasteiger partial charge in [0.25, 0.3) is 0 Å². The van der Waals surface area contributed by atoms with E-state index in [9.17, 15) is 0 Å². The maximum atomic E-state index is 6.76. The molecule has 1 aliphatic carbocycles. The Labute approximate surface area is 292 Å². The maximum absolute atomic E-state index is 6.76. The van der Waals surface area contributed by atoms with Gasteiger partial charge >= 0.3 is 0 Å². The Morgan fingerprint density at radius 2 is 1.06 bits per heavy atom. The van der Waals surface area contributed by atoms with Gasteiger partial charge in [0.05, 0.1) is 16.8 Å². The quantitative estimate of drug-likeness (QED) is 0.171. The molecule has 234 valence electrons. The van der Waals surface area contributed by atoms with Crippen LogP contribution in [0.5, 0.6) is 11.5 Å². The van der Waals surface area contributed by atoms with Gasteiger partial charge in [-0.05, 0) is 88.9 Å². The van der Waals surface area contributed by atoms with Crippen LogP contribution in [-0.4, -0.2) is 0 Å². The van der Waals surface area contributed by atoms with Crippen molar-refractivity contribution in [3.05, 3.63) is 191 Å². The van der Waals surface area contributed by atoms with Crippen molar-refractivity contribution in [1.29, 1.82) is 0 Å². The van der Waals surface area contributed by atoms with Gasteiger partial charge < -0.3 is 9.64 Å². The van der Waals surface area contributed by atoms with Gasteiger partial charge in [0.2, 0.25) is 0 Å². The summed E-state index contributed by atoms with van der Waals surface area (Å²) in [5.41, 5.74) is 13.3. The van der Waals surface area contributed by atoms with Crippen LogP contribution in [0.3, 0.4) is 0 Å². The van der Waals surface area contributed by atoms with Crippen LogP contribution >= 0.6 is 6.04 Å². The zero-order valence-electron chi connectivity index (χ0n) is 27.2. The molecule has 0 saturated carbocycles. The molecule has 2 heterocycles. The Morgan fingerprint density at radius 3 is 1.71 bits per heavy atom. The van der Waals surface area contributed by atoms with E-state index in [1.165, 1.54) is 61.2 Å². The molecule has 0 N–H and O–H groups in total. The Bertz CT molecular complexity index is 2450. The Morgan fingerprint density at radius 1 is 0.510 bits per heavy atom. The lowest BCUT2D eigenvalue weighted by atomic mass is 9.64. The molecule has 0 fully saturated rings. The number of benzene rings is 7. The van der Waals surface area contributed by atoms with Crippen molar-refractivity contribution in [3.63, 3.8) is 0 Å². The first-order valence-corrected chi connectivity index (χ1v) is 19.6. The molecule has 0 bridgehead atoms. The van der Waals surface area contributed by atoms with Gasteiger partial charge in [0.1, 0.15) is 11.5 Å². The zero-order chi connectivity index (χ0) is 32.9. The smallest absolute Gasteiger partial charge is 0.138 e. The Kier molecular flexibility index (Phi) is 6.10. The molecule has 0 saturated heterocycles. The van der Waals surface area contributed by atoms with Crippen LogP contribution < -0.4 is 25.6 Å². The molecule has 0 amide bonds. The molecule has 49 heavy (non-hydrogen) atoms. The number of hydrogen-bond acceptors (Lipinski definition) is 3. The number of aryl methyl sites for hydroxylation is 2. The summed E-state index contributed by atoms with van der Waals surface area (Å²) in [5.74, 6) is 1.69. The fourth-order valence-corrected chi connectivity index (χ4v) is 12.7. The minimum atomic E-state index is -2.36. The minimum Gasteiger partial charge on any atom is -0.456 e. The summed E-state index contributed by atoms with van der Waals surface area (Å²) in [6, 6.07) is 55.2. The molecule has 0 aromatic heterocycles. The third-order valence-electron chi connectivity index (χ3n) is 10.6. The van der Waals surface area contributed by atoms with Crippen molar-refractivity contribution in [2.24, 2.45) is 0 Å². The first kappa shape index (κ1) is 28.8. The topological polar surface area (TPSA) is 12.5 Å². The van der Waals surface area contributed by atoms with Crippen LogP contribution in [0.2, 0.25) is 0 Å². The molecule has 7 aromatic carbocycles. The molecule has 0 radical (unpaired) electrons. The summed E-state index contributed by atoms with van der Waals surface area (Å²) >= 11 is 6.74. The van der Waals surface area contributed by atoms with Crippen molar-refractivity contribution in [1.82, 2.24) is 0 Å². The summed E-state index contributed by atoms with van der Waals surface area (Å²) < 4.78 is 6.76. The lowest BCUT2D eigenvalue weighted by Crippen LogP contribution is -2.36. The number of hydrogen-bond donors (Lipinski definition) is 0. The molecular formula is C45H32NOPS. The van der Waals surface area contributed by atoms with E-state index in [0.717, 1.165) is 27.8 Å². The number of nitrogens with zero attached hydrogens (tertiary/aromatic N) is 1. The minimum absolute atomic E-state index is 0.454. The first-order valence-electron chi connectivity index (χ1n) is 16.8. The highest BCUT2D eigenvalue weighted by atomic mass is 32.4. The monoisotopic (exact) mass is 665 g/mol. The van der Waals surface area contributed by atoms with E-state index in [1.807, 2.05) is 6.07 Å². The van der Waals surface area contributed by atoms with Crippen LogP contribution in [0, 0.1) is 13.8 Å². The summed E-state index contributed by atoms with van der Waals surface area (Å²) in [5, 5.41) is 3.38. The molecule has 2 nitrogen and oxygen atoms in total. The van der Waals surface area contributed by atoms with E-state index in [2.05, 4.69) is 170 Å². The second-order valence-electron chi connectivity index (χ2n) is 13.4. The van der Waals surface area contributed by atoms with Crippen LogP contribution in [0.25, 0.3) is 11.1 Å². The first-order chi connectivity index (χ1) is 24.0. The number of fused-ring (bicyclic) bond motifs is 11. The molecule has 1 unspecified atom stereocenters. The fourth-order valence-electron chi connectivity index (χ4n) is 8.61. The Balaban J connectivity index is 1.25.